The normalized spacial score (nSPS) is 10.6. The van der Waals surface area contributed by atoms with Crippen molar-refractivity contribution in [3.63, 3.8) is 0 Å². The van der Waals surface area contributed by atoms with Gasteiger partial charge in [0.2, 0.25) is 0 Å². The Kier molecular flexibility index (Phi) is 5.24. The van der Waals surface area contributed by atoms with Crippen LogP contribution in [0.3, 0.4) is 0 Å². The summed E-state index contributed by atoms with van der Waals surface area (Å²) in [5.74, 6) is 2.34. The first-order chi connectivity index (χ1) is 12.9. The molecular formula is C21H19N3O2S. The molecular weight excluding hydrogens is 358 g/mol. The molecule has 1 aromatic heterocycles. The smallest absolute Gasteiger partial charge is 0.261 e. The maximum atomic E-state index is 13.0. The van der Waals surface area contributed by atoms with Crippen molar-refractivity contribution in [1.29, 1.82) is 0 Å². The summed E-state index contributed by atoms with van der Waals surface area (Å²) in [5.41, 5.74) is 2.93. The van der Waals surface area contributed by atoms with Crippen molar-refractivity contribution in [3.05, 3.63) is 74.3 Å². The van der Waals surface area contributed by atoms with Crippen molar-refractivity contribution in [2.75, 3.05) is 6.54 Å². The molecule has 27 heavy (non-hydrogen) atoms. The quantitative estimate of drug-likeness (QED) is 0.561. The number of aromatic amines is 1. The zero-order chi connectivity index (χ0) is 19.6. The SMILES string of the molecule is C#CCN(Cc1ccc(C)cc1)C(=O)c1ccc2c(=O)n(C)c(=S)[nH]c2c1. The summed E-state index contributed by atoms with van der Waals surface area (Å²) in [6.07, 6.45) is 5.46. The average molecular weight is 377 g/mol. The molecule has 3 aromatic rings. The fourth-order valence-corrected chi connectivity index (χ4v) is 3.04. The van der Waals surface area contributed by atoms with Crippen LogP contribution in [0.15, 0.2) is 47.3 Å². The van der Waals surface area contributed by atoms with E-state index in [4.69, 9.17) is 18.6 Å². The predicted octanol–water partition coefficient (Wildman–Crippen LogP) is 3.18. The summed E-state index contributed by atoms with van der Waals surface area (Å²) >= 11 is 5.15. The molecule has 1 heterocycles. The van der Waals surface area contributed by atoms with E-state index < -0.39 is 0 Å². The molecule has 0 spiro atoms. The third-order valence-electron chi connectivity index (χ3n) is 4.41. The van der Waals surface area contributed by atoms with Crippen molar-refractivity contribution in [3.8, 4) is 12.3 Å². The number of benzene rings is 2. The Balaban J connectivity index is 1.97. The Hall–Kier alpha value is -3.17. The molecule has 3 rings (SSSR count). The standard InChI is InChI=1S/C21H19N3O2S/c1-4-11-24(13-15-7-5-14(2)6-8-15)19(25)16-9-10-17-18(12-16)22-21(27)23(3)20(17)26/h1,5-10,12H,11,13H2,2-3H3,(H,22,27). The number of terminal acetylenes is 1. The first-order valence-corrected chi connectivity index (χ1v) is 8.83. The monoisotopic (exact) mass is 377 g/mol. The fourth-order valence-electron chi connectivity index (χ4n) is 2.85. The highest BCUT2D eigenvalue weighted by Crippen LogP contribution is 2.15. The van der Waals surface area contributed by atoms with Crippen LogP contribution in [0.25, 0.3) is 10.9 Å². The van der Waals surface area contributed by atoms with Gasteiger partial charge in [-0.25, -0.2) is 0 Å². The summed E-state index contributed by atoms with van der Waals surface area (Å²) in [6, 6.07) is 12.9. The Morgan fingerprint density at radius 2 is 1.96 bits per heavy atom. The lowest BCUT2D eigenvalue weighted by Crippen LogP contribution is -2.31. The van der Waals surface area contributed by atoms with E-state index in [0.29, 0.717) is 27.8 Å². The number of aromatic nitrogens is 2. The van der Waals surface area contributed by atoms with E-state index in [1.807, 2.05) is 31.2 Å². The minimum Gasteiger partial charge on any atom is -0.332 e. The molecule has 1 N–H and O–H groups in total. The maximum absolute atomic E-state index is 13.0. The molecule has 0 saturated carbocycles. The van der Waals surface area contributed by atoms with Crippen molar-refractivity contribution in [1.82, 2.24) is 14.5 Å². The molecule has 1 amide bonds. The Morgan fingerprint density at radius 1 is 1.26 bits per heavy atom. The van der Waals surface area contributed by atoms with Crippen molar-refractivity contribution < 1.29 is 4.79 Å². The highest BCUT2D eigenvalue weighted by molar-refractivity contribution is 7.71. The Morgan fingerprint density at radius 3 is 2.63 bits per heavy atom. The van der Waals surface area contributed by atoms with E-state index >= 15 is 0 Å². The molecule has 0 radical (unpaired) electrons. The van der Waals surface area contributed by atoms with Crippen LogP contribution in [0.2, 0.25) is 0 Å². The largest absolute Gasteiger partial charge is 0.332 e. The summed E-state index contributed by atoms with van der Waals surface area (Å²) in [7, 11) is 1.61. The molecule has 0 saturated heterocycles. The summed E-state index contributed by atoms with van der Waals surface area (Å²) in [6.45, 7) is 2.61. The molecule has 136 valence electrons. The Labute approximate surface area is 162 Å². The van der Waals surface area contributed by atoms with Gasteiger partial charge in [-0.1, -0.05) is 35.7 Å². The number of aryl methyl sites for hydroxylation is 1. The lowest BCUT2D eigenvalue weighted by Gasteiger charge is -2.21. The van der Waals surface area contributed by atoms with Gasteiger partial charge in [0.1, 0.15) is 0 Å². The first-order valence-electron chi connectivity index (χ1n) is 8.42. The number of fused-ring (bicyclic) bond motifs is 1. The number of hydrogen-bond acceptors (Lipinski definition) is 3. The second kappa shape index (κ2) is 7.60. The van der Waals surface area contributed by atoms with E-state index in [1.165, 1.54) is 4.57 Å². The van der Waals surface area contributed by atoms with Gasteiger partial charge < -0.3 is 9.88 Å². The van der Waals surface area contributed by atoms with Gasteiger partial charge in [0.15, 0.2) is 4.77 Å². The lowest BCUT2D eigenvalue weighted by molar-refractivity contribution is 0.0766. The number of nitrogens with zero attached hydrogens (tertiary/aromatic N) is 2. The van der Waals surface area contributed by atoms with Crippen LogP contribution >= 0.6 is 12.2 Å². The molecule has 0 atom stereocenters. The van der Waals surface area contributed by atoms with Gasteiger partial charge in [0, 0.05) is 19.2 Å². The molecule has 0 aliphatic heterocycles. The third kappa shape index (κ3) is 3.83. The van der Waals surface area contributed by atoms with Gasteiger partial charge in [-0.15, -0.1) is 6.42 Å². The van der Waals surface area contributed by atoms with Crippen LogP contribution in [0, 0.1) is 24.0 Å². The average Bonchev–Trinajstić information content (AvgIpc) is 2.66. The van der Waals surface area contributed by atoms with Gasteiger partial charge in [-0.2, -0.15) is 0 Å². The molecule has 0 unspecified atom stereocenters. The molecule has 0 aliphatic rings. The Bertz CT molecular complexity index is 1170. The van der Waals surface area contributed by atoms with Gasteiger partial charge in [0.25, 0.3) is 11.5 Å². The number of rotatable bonds is 4. The van der Waals surface area contributed by atoms with Gasteiger partial charge >= 0.3 is 0 Å². The second-order valence-electron chi connectivity index (χ2n) is 6.41. The third-order valence-corrected chi connectivity index (χ3v) is 4.79. The minimum absolute atomic E-state index is 0.192. The second-order valence-corrected chi connectivity index (χ2v) is 6.79. The van der Waals surface area contributed by atoms with Crippen LogP contribution in [0.1, 0.15) is 21.5 Å². The lowest BCUT2D eigenvalue weighted by atomic mass is 10.1. The molecule has 5 nitrogen and oxygen atoms in total. The van der Waals surface area contributed by atoms with E-state index in [2.05, 4.69) is 10.9 Å². The summed E-state index contributed by atoms with van der Waals surface area (Å²) in [4.78, 5) is 29.9. The zero-order valence-electron chi connectivity index (χ0n) is 15.2. The van der Waals surface area contributed by atoms with E-state index in [1.54, 1.807) is 30.1 Å². The van der Waals surface area contributed by atoms with Crippen LogP contribution in [-0.2, 0) is 13.6 Å². The van der Waals surface area contributed by atoms with Crippen LogP contribution in [0.5, 0.6) is 0 Å². The van der Waals surface area contributed by atoms with E-state index in [9.17, 15) is 9.59 Å². The number of H-pyrrole nitrogens is 1. The highest BCUT2D eigenvalue weighted by Gasteiger charge is 2.16. The molecule has 0 fully saturated rings. The van der Waals surface area contributed by atoms with Crippen molar-refractivity contribution in [2.24, 2.45) is 7.05 Å². The topological polar surface area (TPSA) is 58.1 Å². The van der Waals surface area contributed by atoms with Crippen molar-refractivity contribution >= 4 is 29.0 Å². The van der Waals surface area contributed by atoms with Gasteiger partial charge in [0.05, 0.1) is 17.4 Å². The number of amides is 1. The number of carbonyl (C=O) groups excluding carboxylic acids is 1. The molecule has 0 aliphatic carbocycles. The summed E-state index contributed by atoms with van der Waals surface area (Å²) < 4.78 is 1.67. The molecule has 0 bridgehead atoms. The number of nitrogens with one attached hydrogen (secondary N) is 1. The fraction of sp³-hybridized carbons (Fsp3) is 0.190. The van der Waals surface area contributed by atoms with E-state index in [-0.39, 0.29) is 18.0 Å². The van der Waals surface area contributed by atoms with Crippen LogP contribution < -0.4 is 5.56 Å². The summed E-state index contributed by atoms with van der Waals surface area (Å²) in [5, 5.41) is 0.477. The van der Waals surface area contributed by atoms with Gasteiger partial charge in [-0.05, 0) is 42.9 Å². The number of carbonyl (C=O) groups is 1. The molecule has 2 aromatic carbocycles. The van der Waals surface area contributed by atoms with Crippen LogP contribution in [-0.4, -0.2) is 26.9 Å². The van der Waals surface area contributed by atoms with Crippen molar-refractivity contribution in [2.45, 2.75) is 13.5 Å². The first kappa shape index (κ1) is 18.6. The highest BCUT2D eigenvalue weighted by atomic mass is 32.1. The van der Waals surface area contributed by atoms with E-state index in [0.717, 1.165) is 11.1 Å². The zero-order valence-corrected chi connectivity index (χ0v) is 16.0. The predicted molar refractivity (Wildman–Crippen MR) is 109 cm³/mol. The molecule has 6 heteroatoms. The minimum atomic E-state index is -0.201. The van der Waals surface area contributed by atoms with Crippen LogP contribution in [0.4, 0.5) is 0 Å². The number of hydrogen-bond donors (Lipinski definition) is 1. The van der Waals surface area contributed by atoms with Gasteiger partial charge in [-0.3, -0.25) is 14.2 Å². The maximum Gasteiger partial charge on any atom is 0.261 e.